The fraction of sp³-hybridized carbons (Fsp3) is 0.154. The van der Waals surface area contributed by atoms with Crippen molar-refractivity contribution in [2.24, 2.45) is 0 Å². The Labute approximate surface area is 119 Å². The van der Waals surface area contributed by atoms with E-state index in [-0.39, 0.29) is 18.1 Å². The van der Waals surface area contributed by atoms with E-state index in [2.05, 4.69) is 15.5 Å². The Morgan fingerprint density at radius 3 is 2.52 bits per heavy atom. The number of hydrogen-bond acceptors (Lipinski definition) is 5. The predicted octanol–water partition coefficient (Wildman–Crippen LogP) is 1.13. The van der Waals surface area contributed by atoms with E-state index in [0.29, 0.717) is 11.5 Å². The predicted molar refractivity (Wildman–Crippen MR) is 72.7 cm³/mol. The summed E-state index contributed by atoms with van der Waals surface area (Å²) in [5, 5.41) is 17.0. The van der Waals surface area contributed by atoms with Crippen LogP contribution in [0.4, 0.5) is 5.82 Å². The van der Waals surface area contributed by atoms with Crippen molar-refractivity contribution in [3.63, 3.8) is 0 Å². The summed E-state index contributed by atoms with van der Waals surface area (Å²) in [6.07, 6.45) is 0. The molecule has 110 valence electrons. The Morgan fingerprint density at radius 1 is 1.29 bits per heavy atom. The number of benzene rings is 1. The quantitative estimate of drug-likeness (QED) is 0.735. The molecule has 0 saturated heterocycles. The lowest BCUT2D eigenvalue weighted by molar-refractivity contribution is -0.118. The number of aromatic amines is 1. The number of methoxy groups -OCH3 is 1. The van der Waals surface area contributed by atoms with Crippen LogP contribution in [0.1, 0.15) is 10.5 Å². The number of hydrogen-bond donors (Lipinski definition) is 3. The van der Waals surface area contributed by atoms with E-state index in [9.17, 15) is 9.59 Å². The molecule has 1 heterocycles. The number of carbonyl (C=O) groups is 2. The second-order valence-electron chi connectivity index (χ2n) is 3.98. The lowest BCUT2D eigenvalue weighted by atomic mass is 10.3. The Bertz CT molecular complexity index is 636. The number of aromatic nitrogens is 2. The zero-order valence-corrected chi connectivity index (χ0v) is 11.1. The molecular weight excluding hydrogens is 278 g/mol. The minimum Gasteiger partial charge on any atom is -0.497 e. The normalized spacial score (nSPS) is 9.95. The van der Waals surface area contributed by atoms with Gasteiger partial charge in [-0.3, -0.25) is 9.89 Å². The maximum absolute atomic E-state index is 11.6. The highest BCUT2D eigenvalue weighted by atomic mass is 16.5. The number of carboxylic acids is 1. The lowest BCUT2D eigenvalue weighted by Crippen LogP contribution is -2.20. The molecule has 0 saturated carbocycles. The molecule has 0 fully saturated rings. The van der Waals surface area contributed by atoms with Gasteiger partial charge in [-0.2, -0.15) is 5.10 Å². The van der Waals surface area contributed by atoms with Crippen LogP contribution in [-0.4, -0.2) is 40.9 Å². The standard InChI is InChI=1S/C13H13N3O5/c1-20-8-2-4-9(5-3-8)21-7-12(17)14-11-6-10(13(18)19)15-16-11/h2-6H,7H2,1H3,(H,18,19)(H2,14,15,16,17). The van der Waals surface area contributed by atoms with Crippen LogP contribution in [0, 0.1) is 0 Å². The summed E-state index contributed by atoms with van der Waals surface area (Å²) in [7, 11) is 1.55. The third-order valence-electron chi connectivity index (χ3n) is 2.51. The van der Waals surface area contributed by atoms with Crippen molar-refractivity contribution in [1.82, 2.24) is 10.2 Å². The van der Waals surface area contributed by atoms with Crippen LogP contribution in [0.5, 0.6) is 11.5 Å². The average molecular weight is 291 g/mol. The molecule has 0 spiro atoms. The van der Waals surface area contributed by atoms with E-state index in [0.717, 1.165) is 0 Å². The summed E-state index contributed by atoms with van der Waals surface area (Å²) in [5.41, 5.74) is -0.110. The van der Waals surface area contributed by atoms with E-state index in [1.165, 1.54) is 6.07 Å². The minimum atomic E-state index is -1.16. The van der Waals surface area contributed by atoms with Gasteiger partial charge in [-0.1, -0.05) is 0 Å². The summed E-state index contributed by atoms with van der Waals surface area (Å²) in [6, 6.07) is 7.97. The van der Waals surface area contributed by atoms with Crippen molar-refractivity contribution in [2.45, 2.75) is 0 Å². The van der Waals surface area contributed by atoms with E-state index < -0.39 is 11.9 Å². The molecule has 0 atom stereocenters. The largest absolute Gasteiger partial charge is 0.497 e. The van der Waals surface area contributed by atoms with Gasteiger partial charge in [0.25, 0.3) is 5.91 Å². The first kappa shape index (κ1) is 14.4. The zero-order valence-electron chi connectivity index (χ0n) is 11.1. The third kappa shape index (κ3) is 3.96. The number of aromatic carboxylic acids is 1. The molecule has 21 heavy (non-hydrogen) atoms. The Kier molecular flexibility index (Phi) is 4.39. The molecule has 2 rings (SSSR count). The van der Waals surface area contributed by atoms with Crippen LogP contribution in [0.15, 0.2) is 30.3 Å². The molecule has 0 aliphatic carbocycles. The first-order valence-corrected chi connectivity index (χ1v) is 5.94. The SMILES string of the molecule is COc1ccc(OCC(=O)Nc2cc(C(=O)O)[nH]n2)cc1. The molecule has 8 nitrogen and oxygen atoms in total. The summed E-state index contributed by atoms with van der Waals surface area (Å²) in [5.74, 6) is -0.286. The Balaban J connectivity index is 1.84. The molecule has 0 radical (unpaired) electrons. The van der Waals surface area contributed by atoms with Crippen molar-refractivity contribution < 1.29 is 24.2 Å². The number of rotatable bonds is 6. The van der Waals surface area contributed by atoms with E-state index in [1.54, 1.807) is 31.4 Å². The van der Waals surface area contributed by atoms with Gasteiger partial charge >= 0.3 is 5.97 Å². The second-order valence-corrected chi connectivity index (χ2v) is 3.98. The van der Waals surface area contributed by atoms with Crippen molar-refractivity contribution in [3.05, 3.63) is 36.0 Å². The number of H-pyrrole nitrogens is 1. The van der Waals surface area contributed by atoms with Crippen molar-refractivity contribution >= 4 is 17.7 Å². The maximum Gasteiger partial charge on any atom is 0.353 e. The number of carbonyl (C=O) groups excluding carboxylic acids is 1. The van der Waals surface area contributed by atoms with Crippen LogP contribution >= 0.6 is 0 Å². The van der Waals surface area contributed by atoms with Gasteiger partial charge in [0.15, 0.2) is 12.4 Å². The molecule has 3 N–H and O–H groups in total. The Morgan fingerprint density at radius 2 is 1.95 bits per heavy atom. The van der Waals surface area contributed by atoms with Crippen molar-refractivity contribution in [2.75, 3.05) is 19.0 Å². The fourth-order valence-electron chi connectivity index (χ4n) is 1.50. The summed E-state index contributed by atoms with van der Waals surface area (Å²) in [6.45, 7) is -0.221. The number of ether oxygens (including phenoxy) is 2. The molecule has 0 aliphatic rings. The summed E-state index contributed by atoms with van der Waals surface area (Å²) >= 11 is 0. The molecule has 2 aromatic rings. The molecule has 8 heteroatoms. The number of amides is 1. The minimum absolute atomic E-state index is 0.110. The number of carboxylic acid groups (broad SMARTS) is 1. The van der Waals surface area contributed by atoms with Crippen molar-refractivity contribution in [3.8, 4) is 11.5 Å². The van der Waals surface area contributed by atoms with Crippen LogP contribution in [-0.2, 0) is 4.79 Å². The van der Waals surface area contributed by atoms with Gasteiger partial charge in [-0.05, 0) is 24.3 Å². The highest BCUT2D eigenvalue weighted by Gasteiger charge is 2.10. The van der Waals surface area contributed by atoms with Gasteiger partial charge in [0.05, 0.1) is 7.11 Å². The molecule has 1 aromatic carbocycles. The molecule has 0 unspecified atom stereocenters. The van der Waals surface area contributed by atoms with Gasteiger partial charge in [-0.25, -0.2) is 4.79 Å². The molecule has 0 bridgehead atoms. The topological polar surface area (TPSA) is 114 Å². The van der Waals surface area contributed by atoms with Gasteiger partial charge in [0.2, 0.25) is 0 Å². The summed E-state index contributed by atoms with van der Waals surface area (Å²) in [4.78, 5) is 22.3. The van der Waals surface area contributed by atoms with E-state index >= 15 is 0 Å². The highest BCUT2D eigenvalue weighted by Crippen LogP contribution is 2.16. The number of nitrogens with zero attached hydrogens (tertiary/aromatic N) is 1. The van der Waals surface area contributed by atoms with Crippen LogP contribution in [0.2, 0.25) is 0 Å². The van der Waals surface area contributed by atoms with Crippen LogP contribution < -0.4 is 14.8 Å². The monoisotopic (exact) mass is 291 g/mol. The van der Waals surface area contributed by atoms with E-state index in [4.69, 9.17) is 14.6 Å². The Hall–Kier alpha value is -3.03. The second kappa shape index (κ2) is 6.42. The van der Waals surface area contributed by atoms with E-state index in [1.807, 2.05) is 0 Å². The first-order valence-electron chi connectivity index (χ1n) is 5.94. The third-order valence-corrected chi connectivity index (χ3v) is 2.51. The smallest absolute Gasteiger partial charge is 0.353 e. The molecule has 1 amide bonds. The fourth-order valence-corrected chi connectivity index (χ4v) is 1.50. The summed E-state index contributed by atoms with van der Waals surface area (Å²) < 4.78 is 10.3. The lowest BCUT2D eigenvalue weighted by Gasteiger charge is -2.06. The number of anilines is 1. The van der Waals surface area contributed by atoms with Gasteiger partial charge in [0, 0.05) is 6.07 Å². The zero-order chi connectivity index (χ0) is 15.2. The first-order chi connectivity index (χ1) is 10.1. The average Bonchev–Trinajstić information content (AvgIpc) is 2.94. The van der Waals surface area contributed by atoms with Gasteiger partial charge in [0.1, 0.15) is 17.2 Å². The van der Waals surface area contributed by atoms with Gasteiger partial charge < -0.3 is 19.9 Å². The highest BCUT2D eigenvalue weighted by molar-refractivity contribution is 5.93. The molecular formula is C13H13N3O5. The number of nitrogens with one attached hydrogen (secondary N) is 2. The van der Waals surface area contributed by atoms with Crippen LogP contribution in [0.3, 0.4) is 0 Å². The molecule has 0 aliphatic heterocycles. The maximum atomic E-state index is 11.6. The van der Waals surface area contributed by atoms with Crippen LogP contribution in [0.25, 0.3) is 0 Å². The molecule has 1 aromatic heterocycles. The van der Waals surface area contributed by atoms with Gasteiger partial charge in [-0.15, -0.1) is 0 Å². The van der Waals surface area contributed by atoms with Crippen molar-refractivity contribution in [1.29, 1.82) is 0 Å².